The average molecular weight is 708 g/mol. The van der Waals surface area contributed by atoms with E-state index >= 15 is 0 Å². The molecule has 0 heterocycles. The van der Waals surface area contributed by atoms with Crippen LogP contribution in [0, 0.1) is 0 Å². The minimum atomic E-state index is 0.822. The van der Waals surface area contributed by atoms with Crippen molar-refractivity contribution in [1.29, 1.82) is 0 Å². The Morgan fingerprint density at radius 2 is 0.891 bits per heavy atom. The molecule has 0 atom stereocenters. The molecule has 264 valence electrons. The van der Waals surface area contributed by atoms with E-state index < -0.39 is 0 Å². The molecule has 0 aliphatic carbocycles. The largest absolute Gasteiger partial charge is 0.497 e. The van der Waals surface area contributed by atoms with Crippen LogP contribution in [-0.2, 0) is 0 Å². The van der Waals surface area contributed by atoms with E-state index in [1.165, 1.54) is 38.8 Å². The van der Waals surface area contributed by atoms with E-state index in [9.17, 15) is 0 Å². The normalized spacial score (nSPS) is 10.9. The molecule has 0 N–H and O–H groups in total. The summed E-state index contributed by atoms with van der Waals surface area (Å²) in [5.41, 5.74) is 12.6. The highest BCUT2D eigenvalue weighted by Gasteiger charge is 2.17. The van der Waals surface area contributed by atoms with Crippen LogP contribution in [0.15, 0.2) is 218 Å². The smallest absolute Gasteiger partial charge is 0.119 e. The molecule has 2 heteroatoms. The second kappa shape index (κ2) is 16.7. The van der Waals surface area contributed by atoms with Crippen molar-refractivity contribution in [2.45, 2.75) is 0 Å². The summed E-state index contributed by atoms with van der Waals surface area (Å²) >= 11 is 0. The molecule has 0 spiro atoms. The fraction of sp³-hybridized carbons (Fsp3) is 0.0189. The monoisotopic (exact) mass is 707 g/mol. The maximum absolute atomic E-state index is 5.55. The third-order valence-corrected chi connectivity index (χ3v) is 9.85. The van der Waals surface area contributed by atoms with Gasteiger partial charge in [-0.2, -0.15) is 0 Å². The SMILES string of the molecule is COc1ccc(N(c2ccc(C=C(c3ccccc3)c3ccccc3)cc2)c2ccc(/C=C/C=C(c3ccccc3)c3ccccc3)c3ccccc23)cc1. The van der Waals surface area contributed by atoms with Crippen molar-refractivity contribution in [3.63, 3.8) is 0 Å². The van der Waals surface area contributed by atoms with E-state index in [1.54, 1.807) is 7.11 Å². The zero-order chi connectivity index (χ0) is 37.2. The Bertz CT molecular complexity index is 2490. The molecule has 8 rings (SSSR count). The Kier molecular flexibility index (Phi) is 10.6. The molecular weight excluding hydrogens is 667 g/mol. The van der Waals surface area contributed by atoms with Crippen LogP contribution in [-0.4, -0.2) is 7.11 Å². The fourth-order valence-electron chi connectivity index (χ4n) is 7.10. The third-order valence-electron chi connectivity index (χ3n) is 9.85. The highest BCUT2D eigenvalue weighted by Crippen LogP contribution is 2.41. The lowest BCUT2D eigenvalue weighted by Gasteiger charge is -2.27. The molecule has 0 aliphatic rings. The number of ether oxygens (including phenoxy) is 1. The molecule has 8 aromatic carbocycles. The molecule has 0 aromatic heterocycles. The van der Waals surface area contributed by atoms with E-state index in [0.717, 1.165) is 39.3 Å². The number of benzene rings is 8. The van der Waals surface area contributed by atoms with Gasteiger partial charge in [-0.15, -0.1) is 0 Å². The minimum absolute atomic E-state index is 0.822. The number of rotatable bonds is 11. The van der Waals surface area contributed by atoms with Gasteiger partial charge >= 0.3 is 0 Å². The van der Waals surface area contributed by atoms with Crippen LogP contribution in [0.2, 0.25) is 0 Å². The highest BCUT2D eigenvalue weighted by atomic mass is 16.5. The van der Waals surface area contributed by atoms with Crippen LogP contribution in [0.3, 0.4) is 0 Å². The van der Waals surface area contributed by atoms with Crippen molar-refractivity contribution in [3.05, 3.63) is 252 Å². The van der Waals surface area contributed by atoms with Gasteiger partial charge in [-0.1, -0.05) is 182 Å². The van der Waals surface area contributed by atoms with Crippen molar-refractivity contribution in [2.24, 2.45) is 0 Å². The van der Waals surface area contributed by atoms with Crippen LogP contribution >= 0.6 is 0 Å². The van der Waals surface area contributed by atoms with Gasteiger partial charge in [-0.25, -0.2) is 0 Å². The molecule has 0 fully saturated rings. The van der Waals surface area contributed by atoms with Crippen molar-refractivity contribution < 1.29 is 4.74 Å². The molecular formula is C53H41NO. The molecule has 0 unspecified atom stereocenters. The summed E-state index contributed by atoms with van der Waals surface area (Å²) in [5, 5.41) is 2.34. The average Bonchev–Trinajstić information content (AvgIpc) is 3.27. The quantitative estimate of drug-likeness (QED) is 0.0980. The van der Waals surface area contributed by atoms with E-state index in [-0.39, 0.29) is 0 Å². The Balaban J connectivity index is 1.19. The van der Waals surface area contributed by atoms with Gasteiger partial charge in [-0.05, 0) is 98.5 Å². The molecule has 0 radical (unpaired) electrons. The number of methoxy groups -OCH3 is 1. The second-order valence-electron chi connectivity index (χ2n) is 13.3. The van der Waals surface area contributed by atoms with Gasteiger partial charge < -0.3 is 9.64 Å². The van der Waals surface area contributed by atoms with Crippen molar-refractivity contribution in [3.8, 4) is 5.75 Å². The molecule has 0 aliphatic heterocycles. The van der Waals surface area contributed by atoms with E-state index in [2.05, 4.69) is 223 Å². The number of fused-ring (bicyclic) bond motifs is 1. The first-order valence-electron chi connectivity index (χ1n) is 18.6. The highest BCUT2D eigenvalue weighted by molar-refractivity contribution is 6.03. The number of hydrogen-bond donors (Lipinski definition) is 0. The van der Waals surface area contributed by atoms with Gasteiger partial charge in [-0.3, -0.25) is 0 Å². The van der Waals surface area contributed by atoms with Crippen LogP contribution in [0.5, 0.6) is 5.75 Å². The summed E-state index contributed by atoms with van der Waals surface area (Å²) in [5.74, 6) is 0.822. The summed E-state index contributed by atoms with van der Waals surface area (Å²) in [7, 11) is 1.70. The first-order chi connectivity index (χ1) is 27.2. The van der Waals surface area contributed by atoms with Gasteiger partial charge in [0, 0.05) is 16.8 Å². The summed E-state index contributed by atoms with van der Waals surface area (Å²) in [4.78, 5) is 2.33. The predicted molar refractivity (Wildman–Crippen MR) is 234 cm³/mol. The van der Waals surface area contributed by atoms with Gasteiger partial charge in [0.15, 0.2) is 0 Å². The number of hydrogen-bond acceptors (Lipinski definition) is 2. The molecule has 0 saturated carbocycles. The van der Waals surface area contributed by atoms with Crippen molar-refractivity contribution in [1.82, 2.24) is 0 Å². The number of allylic oxidation sites excluding steroid dienone is 2. The number of nitrogens with zero attached hydrogens (tertiary/aromatic N) is 1. The Hall–Kier alpha value is -7.16. The summed E-state index contributed by atoms with van der Waals surface area (Å²) in [6.45, 7) is 0. The fourth-order valence-corrected chi connectivity index (χ4v) is 7.10. The van der Waals surface area contributed by atoms with Gasteiger partial charge in [0.05, 0.1) is 12.8 Å². The lowest BCUT2D eigenvalue weighted by molar-refractivity contribution is 0.415. The first-order valence-corrected chi connectivity index (χ1v) is 18.6. The summed E-state index contributed by atoms with van der Waals surface area (Å²) in [6.07, 6.45) is 8.88. The maximum Gasteiger partial charge on any atom is 0.119 e. The van der Waals surface area contributed by atoms with Crippen molar-refractivity contribution in [2.75, 3.05) is 12.0 Å². The maximum atomic E-state index is 5.55. The van der Waals surface area contributed by atoms with Crippen LogP contribution < -0.4 is 9.64 Å². The summed E-state index contributed by atoms with van der Waals surface area (Å²) < 4.78 is 5.55. The lowest BCUT2D eigenvalue weighted by atomic mass is 9.95. The topological polar surface area (TPSA) is 12.5 Å². The zero-order valence-electron chi connectivity index (χ0n) is 30.8. The molecule has 2 nitrogen and oxygen atoms in total. The Morgan fingerprint density at radius 3 is 1.40 bits per heavy atom. The second-order valence-corrected chi connectivity index (χ2v) is 13.3. The number of anilines is 3. The lowest BCUT2D eigenvalue weighted by Crippen LogP contribution is -2.10. The molecule has 0 amide bonds. The van der Waals surface area contributed by atoms with Crippen LogP contribution in [0.1, 0.15) is 33.4 Å². The van der Waals surface area contributed by atoms with Crippen LogP contribution in [0.25, 0.3) is 34.1 Å². The van der Waals surface area contributed by atoms with E-state index in [1.807, 2.05) is 12.1 Å². The van der Waals surface area contributed by atoms with Gasteiger partial charge in [0.2, 0.25) is 0 Å². The molecule has 55 heavy (non-hydrogen) atoms. The minimum Gasteiger partial charge on any atom is -0.497 e. The van der Waals surface area contributed by atoms with Crippen molar-refractivity contribution >= 4 is 51.1 Å². The van der Waals surface area contributed by atoms with E-state index in [4.69, 9.17) is 4.74 Å². The first kappa shape index (κ1) is 34.9. The molecule has 0 bridgehead atoms. The summed E-state index contributed by atoms with van der Waals surface area (Å²) in [6, 6.07) is 72.6. The predicted octanol–water partition coefficient (Wildman–Crippen LogP) is 14.1. The standard InChI is InChI=1S/C53H41NO/c1-55-48-36-34-47(35-37-48)54(46-32-29-40(30-33-46)39-52(43-21-10-4-11-22-43)44-23-12-5-13-24-44)53-38-31-45(50-26-14-15-27-51(50)53)25-16-28-49(41-17-6-2-7-18-41)42-19-8-3-9-20-42/h2-39H,1H3/b25-16+. The van der Waals surface area contributed by atoms with E-state index in [0.29, 0.717) is 0 Å². The molecule has 0 saturated heterocycles. The molecule has 8 aromatic rings. The van der Waals surface area contributed by atoms with Gasteiger partial charge in [0.25, 0.3) is 0 Å². The Morgan fingerprint density at radius 1 is 0.436 bits per heavy atom. The van der Waals surface area contributed by atoms with Gasteiger partial charge in [0.1, 0.15) is 5.75 Å². The van der Waals surface area contributed by atoms with Crippen LogP contribution in [0.4, 0.5) is 17.1 Å². The Labute approximate surface area is 324 Å². The third kappa shape index (κ3) is 7.95. The zero-order valence-corrected chi connectivity index (χ0v) is 30.8.